The molecule has 6 nitrogen and oxygen atoms in total. The van der Waals surface area contributed by atoms with Crippen molar-refractivity contribution in [1.82, 2.24) is 9.78 Å². The Morgan fingerprint density at radius 2 is 1.94 bits per heavy atom. The lowest BCUT2D eigenvalue weighted by molar-refractivity contribution is -0.172. The minimum Gasteiger partial charge on any atom is -0.497 e. The number of ether oxygens (including phenoxy) is 2. The molecule has 3 aromatic rings. The number of fused-ring (bicyclic) bond motifs is 1. The minimum atomic E-state index is -4.42. The molecule has 0 saturated carbocycles. The standard InChI is InChI=1S/C21H20F3N3O3S/c1-13-9-19-26(8-7-18(21(22,23)24)27(19)25-13)20(28)17-10-14(12-31-17)11-30-16-5-3-15(29-2)4-6-16/h3-6,9-10,12,18H,7-8,11H2,1-2H3. The number of rotatable bonds is 5. The number of carbonyl (C=O) groups excluding carboxylic acids is 1. The first-order chi connectivity index (χ1) is 14.8. The summed E-state index contributed by atoms with van der Waals surface area (Å²) >= 11 is 1.24. The lowest BCUT2D eigenvalue weighted by Gasteiger charge is -2.33. The number of aromatic nitrogens is 2. The molecule has 4 rings (SSSR count). The van der Waals surface area contributed by atoms with Gasteiger partial charge in [0.2, 0.25) is 0 Å². The van der Waals surface area contributed by atoms with E-state index < -0.39 is 12.2 Å². The van der Waals surface area contributed by atoms with Crippen molar-refractivity contribution in [2.75, 3.05) is 18.6 Å². The van der Waals surface area contributed by atoms with Crippen LogP contribution in [0.3, 0.4) is 0 Å². The van der Waals surface area contributed by atoms with E-state index in [0.29, 0.717) is 16.3 Å². The van der Waals surface area contributed by atoms with E-state index >= 15 is 0 Å². The van der Waals surface area contributed by atoms with Crippen LogP contribution >= 0.6 is 11.3 Å². The molecule has 0 aliphatic carbocycles. The van der Waals surface area contributed by atoms with E-state index in [1.165, 1.54) is 22.3 Å². The van der Waals surface area contributed by atoms with E-state index in [4.69, 9.17) is 9.47 Å². The summed E-state index contributed by atoms with van der Waals surface area (Å²) in [4.78, 5) is 14.8. The number of hydrogen-bond donors (Lipinski definition) is 0. The number of carbonyl (C=O) groups is 1. The first-order valence-corrected chi connectivity index (χ1v) is 10.4. The Morgan fingerprint density at radius 3 is 2.61 bits per heavy atom. The molecule has 1 aliphatic rings. The molecule has 0 bridgehead atoms. The highest BCUT2D eigenvalue weighted by Crippen LogP contribution is 2.40. The number of nitrogens with zero attached hydrogens (tertiary/aromatic N) is 3. The highest BCUT2D eigenvalue weighted by Gasteiger charge is 2.46. The SMILES string of the molecule is COc1ccc(OCc2csc(C(=O)N3CCC(C(F)(F)F)n4nc(C)cc43)c2)cc1. The number of aryl methyl sites for hydroxylation is 1. The Labute approximate surface area is 180 Å². The minimum absolute atomic E-state index is 0.0241. The Kier molecular flexibility index (Phi) is 5.65. The zero-order valence-corrected chi connectivity index (χ0v) is 17.7. The summed E-state index contributed by atoms with van der Waals surface area (Å²) in [5.74, 6) is 1.20. The Hall–Kier alpha value is -3.01. The smallest absolute Gasteiger partial charge is 0.410 e. The van der Waals surface area contributed by atoms with Gasteiger partial charge in [0.1, 0.15) is 23.9 Å². The van der Waals surface area contributed by atoms with Gasteiger partial charge in [-0.3, -0.25) is 9.69 Å². The first kappa shape index (κ1) is 21.2. The van der Waals surface area contributed by atoms with E-state index in [9.17, 15) is 18.0 Å². The molecule has 1 amide bonds. The molecule has 0 radical (unpaired) electrons. The van der Waals surface area contributed by atoms with Crippen molar-refractivity contribution in [1.29, 1.82) is 0 Å². The highest BCUT2D eigenvalue weighted by atomic mass is 32.1. The van der Waals surface area contributed by atoms with Gasteiger partial charge in [0.15, 0.2) is 6.04 Å². The summed E-state index contributed by atoms with van der Waals surface area (Å²) in [6, 6.07) is 8.63. The molecule has 10 heteroatoms. The largest absolute Gasteiger partial charge is 0.497 e. The highest BCUT2D eigenvalue weighted by molar-refractivity contribution is 7.12. The van der Waals surface area contributed by atoms with Crippen molar-refractivity contribution in [3.63, 3.8) is 0 Å². The van der Waals surface area contributed by atoms with Gasteiger partial charge in [0, 0.05) is 18.2 Å². The normalized spacial score (nSPS) is 16.2. The molecule has 164 valence electrons. The molecule has 0 fully saturated rings. The fraction of sp³-hybridized carbons (Fsp3) is 0.333. The fourth-order valence-corrected chi connectivity index (χ4v) is 4.31. The van der Waals surface area contributed by atoms with Crippen LogP contribution in [0.1, 0.15) is 33.4 Å². The number of halogens is 3. The van der Waals surface area contributed by atoms with Crippen LogP contribution in [0.15, 0.2) is 41.8 Å². The van der Waals surface area contributed by atoms with Gasteiger partial charge < -0.3 is 9.47 Å². The molecule has 1 aromatic carbocycles. The molecular weight excluding hydrogens is 431 g/mol. The predicted molar refractivity (Wildman–Crippen MR) is 110 cm³/mol. The molecule has 1 aliphatic heterocycles. The summed E-state index contributed by atoms with van der Waals surface area (Å²) < 4.78 is 51.9. The molecule has 3 heterocycles. The van der Waals surface area contributed by atoms with Crippen LogP contribution in [-0.4, -0.2) is 35.5 Å². The van der Waals surface area contributed by atoms with E-state index in [1.807, 2.05) is 5.38 Å². The van der Waals surface area contributed by atoms with Crippen LogP contribution in [0.4, 0.5) is 19.0 Å². The van der Waals surface area contributed by atoms with Crippen LogP contribution in [0, 0.1) is 6.92 Å². The zero-order chi connectivity index (χ0) is 22.2. The van der Waals surface area contributed by atoms with Crippen LogP contribution in [0.25, 0.3) is 0 Å². The zero-order valence-electron chi connectivity index (χ0n) is 16.8. The van der Waals surface area contributed by atoms with Crippen LogP contribution in [0.5, 0.6) is 11.5 Å². The van der Waals surface area contributed by atoms with Gasteiger partial charge in [0.25, 0.3) is 5.91 Å². The number of benzene rings is 1. The Bertz CT molecular complexity index is 1080. The van der Waals surface area contributed by atoms with Crippen LogP contribution < -0.4 is 14.4 Å². The maximum Gasteiger partial charge on any atom is 0.410 e. The number of thiophene rings is 1. The summed E-state index contributed by atoms with van der Waals surface area (Å²) in [5.41, 5.74) is 1.24. The molecule has 0 N–H and O–H groups in total. The van der Waals surface area contributed by atoms with Gasteiger partial charge in [-0.05, 0) is 49.1 Å². The van der Waals surface area contributed by atoms with Crippen molar-refractivity contribution in [3.05, 3.63) is 57.9 Å². The van der Waals surface area contributed by atoms with E-state index in [-0.39, 0.29) is 31.3 Å². The average molecular weight is 451 g/mol. The van der Waals surface area contributed by atoms with Crippen LogP contribution in [-0.2, 0) is 6.61 Å². The predicted octanol–water partition coefficient (Wildman–Crippen LogP) is 4.99. The van der Waals surface area contributed by atoms with Crippen LogP contribution in [0.2, 0.25) is 0 Å². The second-order valence-corrected chi connectivity index (χ2v) is 8.09. The van der Waals surface area contributed by atoms with Gasteiger partial charge in [-0.15, -0.1) is 11.3 Å². The lowest BCUT2D eigenvalue weighted by atomic mass is 10.1. The summed E-state index contributed by atoms with van der Waals surface area (Å²) in [5, 5.41) is 5.79. The van der Waals surface area contributed by atoms with E-state index in [0.717, 1.165) is 16.0 Å². The van der Waals surface area contributed by atoms with Gasteiger partial charge in [-0.2, -0.15) is 18.3 Å². The van der Waals surface area contributed by atoms with Crippen molar-refractivity contribution in [3.8, 4) is 11.5 Å². The molecule has 0 saturated heterocycles. The summed E-state index contributed by atoms with van der Waals surface area (Å²) in [7, 11) is 1.58. The molecular formula is C21H20F3N3O3S. The number of amides is 1. The monoisotopic (exact) mass is 451 g/mol. The van der Waals surface area contributed by atoms with Gasteiger partial charge in [0.05, 0.1) is 17.7 Å². The average Bonchev–Trinajstić information content (AvgIpc) is 3.36. The summed E-state index contributed by atoms with van der Waals surface area (Å²) in [6.45, 7) is 1.86. The fourth-order valence-electron chi connectivity index (χ4n) is 3.47. The molecule has 0 spiro atoms. The van der Waals surface area contributed by atoms with Gasteiger partial charge >= 0.3 is 6.18 Å². The van der Waals surface area contributed by atoms with Gasteiger partial charge in [-0.25, -0.2) is 4.68 Å². The molecule has 2 aromatic heterocycles. The number of alkyl halides is 3. The third-order valence-electron chi connectivity index (χ3n) is 4.99. The lowest BCUT2D eigenvalue weighted by Crippen LogP contribution is -2.42. The molecule has 1 unspecified atom stereocenters. The van der Waals surface area contributed by atoms with Gasteiger partial charge in [-0.1, -0.05) is 0 Å². The molecule has 31 heavy (non-hydrogen) atoms. The number of anilines is 1. The first-order valence-electron chi connectivity index (χ1n) is 9.55. The maximum absolute atomic E-state index is 13.4. The quantitative estimate of drug-likeness (QED) is 0.548. The van der Waals surface area contributed by atoms with Crippen molar-refractivity contribution < 1.29 is 27.4 Å². The van der Waals surface area contributed by atoms with Crippen molar-refractivity contribution in [2.24, 2.45) is 0 Å². The Morgan fingerprint density at radius 1 is 1.23 bits per heavy atom. The second-order valence-electron chi connectivity index (χ2n) is 7.17. The number of hydrogen-bond acceptors (Lipinski definition) is 5. The second kappa shape index (κ2) is 8.26. The third kappa shape index (κ3) is 4.39. The molecule has 1 atom stereocenters. The maximum atomic E-state index is 13.4. The van der Waals surface area contributed by atoms with E-state index in [1.54, 1.807) is 44.4 Å². The van der Waals surface area contributed by atoms with E-state index in [2.05, 4.69) is 5.10 Å². The topological polar surface area (TPSA) is 56.6 Å². The summed E-state index contributed by atoms with van der Waals surface area (Å²) in [6.07, 6.45) is -4.65. The third-order valence-corrected chi connectivity index (χ3v) is 5.96. The van der Waals surface area contributed by atoms with Crippen molar-refractivity contribution in [2.45, 2.75) is 32.2 Å². The Balaban J connectivity index is 1.48. The number of methoxy groups -OCH3 is 1. The van der Waals surface area contributed by atoms with Crippen molar-refractivity contribution >= 4 is 23.1 Å².